The summed E-state index contributed by atoms with van der Waals surface area (Å²) in [5.41, 5.74) is 0.600. The second-order valence-corrected chi connectivity index (χ2v) is 9.79. The van der Waals surface area contributed by atoms with Crippen LogP contribution in [-0.4, -0.2) is 76.0 Å². The van der Waals surface area contributed by atoms with Crippen LogP contribution in [0.25, 0.3) is 11.3 Å². The van der Waals surface area contributed by atoms with Crippen molar-refractivity contribution in [3.63, 3.8) is 0 Å². The molecule has 200 valence electrons. The van der Waals surface area contributed by atoms with Gasteiger partial charge in [0.1, 0.15) is 5.69 Å². The lowest BCUT2D eigenvalue weighted by Gasteiger charge is -2.39. The van der Waals surface area contributed by atoms with Gasteiger partial charge in [-0.15, -0.1) is 0 Å². The Hall–Kier alpha value is -3.22. The summed E-state index contributed by atoms with van der Waals surface area (Å²) in [7, 11) is 1.41. The second kappa shape index (κ2) is 9.92. The maximum absolute atomic E-state index is 14.3. The Morgan fingerprint density at radius 3 is 2.51 bits per heavy atom. The highest BCUT2D eigenvalue weighted by Crippen LogP contribution is 2.40. The van der Waals surface area contributed by atoms with Gasteiger partial charge in [-0.2, -0.15) is 18.3 Å². The molecule has 37 heavy (non-hydrogen) atoms. The number of fused-ring (bicyclic) bond motifs is 2. The third-order valence-electron chi connectivity index (χ3n) is 7.45. The summed E-state index contributed by atoms with van der Waals surface area (Å²) in [6.45, 7) is -0.174. The van der Waals surface area contributed by atoms with Gasteiger partial charge in [0.15, 0.2) is 11.9 Å². The number of aromatic nitrogens is 3. The zero-order chi connectivity index (χ0) is 26.3. The standard InChI is InChI=1S/C24H27F4N5O4/c1-36-21-8-16(17(25)10-29-21)18-9-19(32-31-18)23(35)33-14-3-4-15(33)7-12(6-14)22(34)30-13-2-5-20(37-11-13)24(26,27)28/h8-10,12-15,20H,2-7,11H2,1H3,(H,30,34)(H,31,32)/t12?,13-,14?,15?,20-/m1/s1. The van der Waals surface area contributed by atoms with Crippen LogP contribution in [0.5, 0.6) is 5.88 Å². The van der Waals surface area contributed by atoms with Gasteiger partial charge in [0.05, 0.1) is 31.6 Å². The van der Waals surface area contributed by atoms with E-state index >= 15 is 0 Å². The van der Waals surface area contributed by atoms with Crippen LogP contribution in [0, 0.1) is 11.7 Å². The monoisotopic (exact) mass is 525 g/mol. The topological polar surface area (TPSA) is 109 Å². The number of rotatable bonds is 5. The van der Waals surface area contributed by atoms with E-state index in [-0.39, 0.29) is 72.1 Å². The maximum Gasteiger partial charge on any atom is 0.414 e. The molecule has 3 aliphatic heterocycles. The van der Waals surface area contributed by atoms with Gasteiger partial charge in [-0.05, 0) is 44.6 Å². The lowest BCUT2D eigenvalue weighted by molar-refractivity contribution is -0.232. The summed E-state index contributed by atoms with van der Waals surface area (Å²) < 4.78 is 62.6. The molecule has 2 bridgehead atoms. The number of hydrogen-bond donors (Lipinski definition) is 2. The molecule has 2 aromatic heterocycles. The number of nitrogens with zero attached hydrogens (tertiary/aromatic N) is 3. The molecule has 2 amide bonds. The summed E-state index contributed by atoms with van der Waals surface area (Å²) >= 11 is 0. The van der Waals surface area contributed by atoms with Gasteiger partial charge >= 0.3 is 6.18 Å². The number of nitrogens with one attached hydrogen (secondary N) is 2. The molecule has 0 spiro atoms. The number of amides is 2. The van der Waals surface area contributed by atoms with E-state index in [0.29, 0.717) is 12.8 Å². The summed E-state index contributed by atoms with van der Waals surface area (Å²) in [4.78, 5) is 31.8. The van der Waals surface area contributed by atoms with Crippen molar-refractivity contribution in [1.82, 2.24) is 25.4 Å². The molecule has 3 aliphatic rings. The predicted molar refractivity (Wildman–Crippen MR) is 121 cm³/mol. The molecule has 9 nitrogen and oxygen atoms in total. The van der Waals surface area contributed by atoms with E-state index in [0.717, 1.165) is 19.0 Å². The minimum atomic E-state index is -4.40. The Morgan fingerprint density at radius 1 is 1.16 bits per heavy atom. The lowest BCUT2D eigenvalue weighted by Crippen LogP contribution is -2.52. The van der Waals surface area contributed by atoms with Crippen LogP contribution in [-0.2, 0) is 9.53 Å². The zero-order valence-electron chi connectivity index (χ0n) is 20.1. The van der Waals surface area contributed by atoms with Crippen molar-refractivity contribution in [2.75, 3.05) is 13.7 Å². The molecule has 3 fully saturated rings. The molecule has 2 N–H and O–H groups in total. The molecule has 4 atom stereocenters. The summed E-state index contributed by atoms with van der Waals surface area (Å²) in [5.74, 6) is -1.21. The van der Waals surface area contributed by atoms with Crippen molar-refractivity contribution < 1.29 is 36.6 Å². The summed E-state index contributed by atoms with van der Waals surface area (Å²) in [5, 5.41) is 9.63. The number of pyridine rings is 1. The van der Waals surface area contributed by atoms with Crippen LogP contribution in [0.3, 0.4) is 0 Å². The Morgan fingerprint density at radius 2 is 1.89 bits per heavy atom. The number of methoxy groups -OCH3 is 1. The fourth-order valence-electron chi connectivity index (χ4n) is 5.60. The first-order valence-corrected chi connectivity index (χ1v) is 12.2. The van der Waals surface area contributed by atoms with Crippen LogP contribution in [0.4, 0.5) is 17.6 Å². The number of ether oxygens (including phenoxy) is 2. The number of alkyl halides is 3. The third kappa shape index (κ3) is 5.13. The molecular weight excluding hydrogens is 498 g/mol. The first kappa shape index (κ1) is 25.4. The smallest absolute Gasteiger partial charge is 0.414 e. The molecule has 0 aliphatic carbocycles. The average Bonchev–Trinajstić information content (AvgIpc) is 3.46. The number of carbonyl (C=O) groups is 2. The highest BCUT2D eigenvalue weighted by atomic mass is 19.4. The summed E-state index contributed by atoms with van der Waals surface area (Å²) in [6, 6.07) is 2.12. The average molecular weight is 526 g/mol. The highest BCUT2D eigenvalue weighted by molar-refractivity contribution is 5.94. The number of hydrogen-bond acceptors (Lipinski definition) is 6. The predicted octanol–water partition coefficient (Wildman–Crippen LogP) is 3.23. The Balaban J connectivity index is 1.20. The first-order chi connectivity index (χ1) is 17.6. The summed E-state index contributed by atoms with van der Waals surface area (Å²) in [6.07, 6.45) is -2.73. The van der Waals surface area contributed by atoms with E-state index in [1.54, 1.807) is 4.90 Å². The molecule has 5 rings (SSSR count). The van der Waals surface area contributed by atoms with Gasteiger partial charge in [0.25, 0.3) is 5.91 Å². The SMILES string of the molecule is COc1cc(-c2cc(C(=O)N3C4CCC3CC(C(=O)N[C@@H]3CC[C@H](C(F)(F)F)OC3)C4)[nH]n2)c(F)cn1. The molecule has 5 heterocycles. The van der Waals surface area contributed by atoms with Crippen molar-refractivity contribution in [2.24, 2.45) is 5.92 Å². The van der Waals surface area contributed by atoms with Crippen molar-refractivity contribution in [3.05, 3.63) is 29.8 Å². The van der Waals surface area contributed by atoms with Gasteiger partial charge in [-0.3, -0.25) is 14.7 Å². The largest absolute Gasteiger partial charge is 0.481 e. The van der Waals surface area contributed by atoms with Crippen LogP contribution < -0.4 is 10.1 Å². The second-order valence-electron chi connectivity index (χ2n) is 9.79. The van der Waals surface area contributed by atoms with Crippen LogP contribution in [0.2, 0.25) is 0 Å². The van der Waals surface area contributed by atoms with Crippen LogP contribution in [0.1, 0.15) is 49.0 Å². The van der Waals surface area contributed by atoms with E-state index < -0.39 is 24.1 Å². The molecule has 0 radical (unpaired) electrons. The molecule has 0 saturated carbocycles. The van der Waals surface area contributed by atoms with E-state index in [1.807, 2.05) is 0 Å². The van der Waals surface area contributed by atoms with Crippen molar-refractivity contribution in [3.8, 4) is 17.1 Å². The van der Waals surface area contributed by atoms with Crippen molar-refractivity contribution >= 4 is 11.8 Å². The quantitative estimate of drug-likeness (QED) is 0.581. The van der Waals surface area contributed by atoms with Gasteiger partial charge in [-0.25, -0.2) is 9.37 Å². The Kier molecular flexibility index (Phi) is 6.82. The zero-order valence-corrected chi connectivity index (χ0v) is 20.1. The number of piperidine rings is 1. The molecule has 13 heteroatoms. The van der Waals surface area contributed by atoms with E-state index in [1.165, 1.54) is 19.2 Å². The number of halogens is 4. The van der Waals surface area contributed by atoms with Gasteiger partial charge < -0.3 is 19.7 Å². The molecular formula is C24H27F4N5O4. The fourth-order valence-corrected chi connectivity index (χ4v) is 5.60. The van der Waals surface area contributed by atoms with Gasteiger partial charge in [0, 0.05) is 29.6 Å². The molecule has 0 aromatic carbocycles. The Bertz CT molecular complexity index is 1150. The Labute approximate surface area is 209 Å². The van der Waals surface area contributed by atoms with E-state index in [2.05, 4.69) is 20.5 Å². The normalized spacial score (nSPS) is 27.7. The number of H-pyrrole nitrogens is 1. The number of carbonyl (C=O) groups excluding carboxylic acids is 2. The minimum Gasteiger partial charge on any atom is -0.481 e. The minimum absolute atomic E-state index is 0.147. The van der Waals surface area contributed by atoms with Gasteiger partial charge in [0.2, 0.25) is 11.8 Å². The highest BCUT2D eigenvalue weighted by Gasteiger charge is 2.47. The maximum atomic E-state index is 14.3. The first-order valence-electron chi connectivity index (χ1n) is 12.2. The third-order valence-corrected chi connectivity index (χ3v) is 7.45. The fraction of sp³-hybridized carbons (Fsp3) is 0.583. The lowest BCUT2D eigenvalue weighted by atomic mass is 9.89. The van der Waals surface area contributed by atoms with E-state index in [9.17, 15) is 27.2 Å². The van der Waals surface area contributed by atoms with Crippen LogP contribution >= 0.6 is 0 Å². The molecule has 2 unspecified atom stereocenters. The van der Waals surface area contributed by atoms with Crippen molar-refractivity contribution in [2.45, 2.75) is 68.9 Å². The van der Waals surface area contributed by atoms with Crippen molar-refractivity contribution in [1.29, 1.82) is 0 Å². The van der Waals surface area contributed by atoms with E-state index in [4.69, 9.17) is 9.47 Å². The van der Waals surface area contributed by atoms with Crippen LogP contribution in [0.15, 0.2) is 18.3 Å². The molecule has 2 aromatic rings. The molecule has 3 saturated heterocycles. The number of aromatic amines is 1. The van der Waals surface area contributed by atoms with Gasteiger partial charge in [-0.1, -0.05) is 0 Å².